The Kier molecular flexibility index (Phi) is 21.8. The van der Waals surface area contributed by atoms with Gasteiger partial charge in [-0.1, -0.05) is 101 Å². The molecule has 0 aliphatic rings. The molecule has 0 amide bonds. The highest BCUT2D eigenvalue weighted by Crippen LogP contribution is 2.37. The molecule has 1 N–H and O–H groups in total. The molecule has 38 heavy (non-hydrogen) atoms. The van der Waals surface area contributed by atoms with Crippen LogP contribution >= 0.6 is 0 Å². The fourth-order valence-corrected chi connectivity index (χ4v) is 4.48. The molecule has 0 aromatic heterocycles. The van der Waals surface area contributed by atoms with Crippen molar-refractivity contribution >= 4 is 14.3 Å². The molecule has 0 bridgehead atoms. The van der Waals surface area contributed by atoms with Gasteiger partial charge in [-0.2, -0.15) is 0 Å². The minimum absolute atomic E-state index is 0.0474. The van der Waals surface area contributed by atoms with Crippen molar-refractivity contribution in [2.45, 2.75) is 116 Å². The molecule has 0 radical (unpaired) electrons. The first-order chi connectivity index (χ1) is 18.1. The normalized spacial score (nSPS) is 14.4. The number of hydrogen-bond donors (Lipinski definition) is 1. The van der Waals surface area contributed by atoms with Crippen LogP contribution in [0.15, 0.2) is 72.9 Å². The molecule has 216 valence electrons. The first kappa shape index (κ1) is 36.0. The molecular weight excluding hydrogens is 488 g/mol. The summed E-state index contributed by atoms with van der Waals surface area (Å²) in [6, 6.07) is 0. The molecule has 0 rings (SSSR count). The van der Waals surface area contributed by atoms with E-state index in [0.717, 1.165) is 57.8 Å². The van der Waals surface area contributed by atoms with Crippen LogP contribution in [0, 0.1) is 0 Å². The molecule has 0 spiro atoms. The minimum Gasteiger partial charge on any atom is -0.463 e. The van der Waals surface area contributed by atoms with Crippen molar-refractivity contribution in [3.63, 3.8) is 0 Å². The highest BCUT2D eigenvalue weighted by molar-refractivity contribution is 6.74. The summed E-state index contributed by atoms with van der Waals surface area (Å²) >= 11 is 0. The first-order valence-corrected chi connectivity index (χ1v) is 17.4. The predicted molar refractivity (Wildman–Crippen MR) is 167 cm³/mol. The summed E-state index contributed by atoms with van der Waals surface area (Å²) in [5.74, 6) is -0.218. The second-order valence-corrected chi connectivity index (χ2v) is 15.8. The number of unbranched alkanes of at least 4 members (excludes halogenated alkanes) is 2. The molecule has 0 saturated heterocycles. The van der Waals surface area contributed by atoms with Gasteiger partial charge >= 0.3 is 5.97 Å². The van der Waals surface area contributed by atoms with Gasteiger partial charge in [-0.25, -0.2) is 0 Å². The molecule has 0 saturated carbocycles. The van der Waals surface area contributed by atoms with Crippen LogP contribution in [0.4, 0.5) is 0 Å². The van der Waals surface area contributed by atoms with Crippen molar-refractivity contribution in [3.8, 4) is 0 Å². The molecule has 0 aliphatic heterocycles. The molecule has 1 unspecified atom stereocenters. The Balaban J connectivity index is 3.80. The number of rotatable bonds is 21. The van der Waals surface area contributed by atoms with Crippen molar-refractivity contribution in [3.05, 3.63) is 72.9 Å². The summed E-state index contributed by atoms with van der Waals surface area (Å²) in [6.07, 6.45) is 35.1. The zero-order valence-corrected chi connectivity index (χ0v) is 26.2. The van der Waals surface area contributed by atoms with E-state index in [2.05, 4.69) is 114 Å². The van der Waals surface area contributed by atoms with Crippen molar-refractivity contribution < 1.29 is 19.1 Å². The number of carbonyl (C=O) groups excluding carboxylic acids is 1. The highest BCUT2D eigenvalue weighted by atomic mass is 28.4. The molecular formula is C33H56O4Si. The summed E-state index contributed by atoms with van der Waals surface area (Å²) in [6.45, 7) is 12.9. The van der Waals surface area contributed by atoms with Crippen LogP contribution in [0.2, 0.25) is 18.1 Å². The van der Waals surface area contributed by atoms with E-state index >= 15 is 0 Å². The minimum atomic E-state index is -2.00. The Hall–Kier alpha value is -1.95. The quantitative estimate of drug-likeness (QED) is 0.0677. The fraction of sp³-hybridized carbons (Fsp3) is 0.606. The first-order valence-electron chi connectivity index (χ1n) is 14.5. The smallest absolute Gasteiger partial charge is 0.305 e. The van der Waals surface area contributed by atoms with E-state index in [-0.39, 0.29) is 24.2 Å². The predicted octanol–water partition coefficient (Wildman–Crippen LogP) is 9.17. The van der Waals surface area contributed by atoms with Crippen molar-refractivity contribution in [1.82, 2.24) is 0 Å². The average molecular weight is 545 g/mol. The van der Waals surface area contributed by atoms with Crippen LogP contribution in [0.5, 0.6) is 0 Å². The van der Waals surface area contributed by atoms with Crippen LogP contribution in [0.3, 0.4) is 0 Å². The maximum Gasteiger partial charge on any atom is 0.305 e. The highest BCUT2D eigenvalue weighted by Gasteiger charge is 2.39. The third-order valence-corrected chi connectivity index (χ3v) is 11.0. The van der Waals surface area contributed by atoms with Crippen LogP contribution < -0.4 is 0 Å². The van der Waals surface area contributed by atoms with Gasteiger partial charge in [-0.05, 0) is 75.9 Å². The van der Waals surface area contributed by atoms with E-state index in [0.29, 0.717) is 6.42 Å². The van der Waals surface area contributed by atoms with Gasteiger partial charge in [0.15, 0.2) is 8.32 Å². The second-order valence-electron chi connectivity index (χ2n) is 11.0. The lowest BCUT2D eigenvalue weighted by atomic mass is 10.2. The Morgan fingerprint density at radius 3 is 1.63 bits per heavy atom. The number of ether oxygens (including phenoxy) is 1. The van der Waals surface area contributed by atoms with Gasteiger partial charge in [0.25, 0.3) is 0 Å². The Morgan fingerprint density at radius 1 is 0.763 bits per heavy atom. The van der Waals surface area contributed by atoms with Gasteiger partial charge < -0.3 is 14.3 Å². The van der Waals surface area contributed by atoms with Crippen LogP contribution in [0.25, 0.3) is 0 Å². The lowest BCUT2D eigenvalue weighted by molar-refractivity contribution is -0.147. The van der Waals surface area contributed by atoms with Crippen LogP contribution in [0.1, 0.15) is 91.9 Å². The van der Waals surface area contributed by atoms with Gasteiger partial charge in [0.1, 0.15) is 12.7 Å². The van der Waals surface area contributed by atoms with E-state index in [9.17, 15) is 9.90 Å². The second kappa shape index (κ2) is 23.0. The summed E-state index contributed by atoms with van der Waals surface area (Å²) < 4.78 is 11.5. The maximum atomic E-state index is 12.0. The van der Waals surface area contributed by atoms with E-state index in [1.54, 1.807) is 0 Å². The summed E-state index contributed by atoms with van der Waals surface area (Å²) in [5.41, 5.74) is 0. The van der Waals surface area contributed by atoms with Gasteiger partial charge in [-0.3, -0.25) is 4.79 Å². The zero-order chi connectivity index (χ0) is 28.5. The molecule has 0 aromatic rings. The average Bonchev–Trinajstić information content (AvgIpc) is 2.86. The van der Waals surface area contributed by atoms with Crippen LogP contribution in [-0.4, -0.2) is 38.7 Å². The Labute approximate surface area is 235 Å². The molecule has 1 atom stereocenters. The number of esters is 1. The number of carbonyl (C=O) groups is 1. The molecule has 5 heteroatoms. The summed E-state index contributed by atoms with van der Waals surface area (Å²) in [4.78, 5) is 12.0. The molecule has 0 aromatic carbocycles. The summed E-state index contributed by atoms with van der Waals surface area (Å²) in [5, 5.41) is 9.66. The van der Waals surface area contributed by atoms with Gasteiger partial charge in [-0.15, -0.1) is 0 Å². The Morgan fingerprint density at radius 2 is 1.21 bits per heavy atom. The summed E-state index contributed by atoms with van der Waals surface area (Å²) in [7, 11) is -2.00. The zero-order valence-electron chi connectivity index (χ0n) is 25.2. The molecule has 0 fully saturated rings. The molecule has 0 heterocycles. The van der Waals surface area contributed by atoms with Gasteiger partial charge in [0, 0.05) is 6.42 Å². The largest absolute Gasteiger partial charge is 0.463 e. The lowest BCUT2D eigenvalue weighted by Gasteiger charge is -2.38. The van der Waals surface area contributed by atoms with Crippen molar-refractivity contribution in [1.29, 1.82) is 0 Å². The van der Waals surface area contributed by atoms with E-state index in [1.807, 2.05) is 0 Å². The molecule has 4 nitrogen and oxygen atoms in total. The van der Waals surface area contributed by atoms with E-state index in [4.69, 9.17) is 9.16 Å². The number of allylic oxidation sites excluding steroid dienone is 12. The molecule has 0 aliphatic carbocycles. The standard InChI is InChI=1S/C33H56O4Si/c1-7-8-9-10-11-12-13-14-15-16-17-18-19-20-21-22-23-24-25-26-27-28-32(35)36-30-31(29-34)37-38(5,6)33(2,3)4/h8-9,11-12,14-15,17-18,20-21,23-24,31,34H,7,10,13,16,19,22,25-30H2,1-6H3/b9-8-,12-11-,15-14-,18-17-,21-20-,24-23-. The SMILES string of the molecule is CC/C=C\C/C=C\C/C=C\C/C=C\C/C=C\C/C=C\CCCCC(=O)OCC(CO)O[Si](C)(C)C(C)(C)C. The van der Waals surface area contributed by atoms with Crippen molar-refractivity contribution in [2.24, 2.45) is 0 Å². The van der Waals surface area contributed by atoms with Crippen molar-refractivity contribution in [2.75, 3.05) is 13.2 Å². The fourth-order valence-electron chi connectivity index (χ4n) is 3.15. The van der Waals surface area contributed by atoms with E-state index < -0.39 is 14.4 Å². The number of aliphatic hydroxyl groups excluding tert-OH is 1. The lowest BCUT2D eigenvalue weighted by Crippen LogP contribution is -2.46. The monoisotopic (exact) mass is 544 g/mol. The van der Waals surface area contributed by atoms with Crippen LogP contribution in [-0.2, 0) is 14.0 Å². The van der Waals surface area contributed by atoms with E-state index in [1.165, 1.54) is 0 Å². The van der Waals surface area contributed by atoms with Gasteiger partial charge in [0.05, 0.1) is 6.61 Å². The van der Waals surface area contributed by atoms with Gasteiger partial charge in [0.2, 0.25) is 0 Å². The number of aliphatic hydroxyl groups is 1. The third-order valence-electron chi connectivity index (χ3n) is 6.50. The number of hydrogen-bond acceptors (Lipinski definition) is 4. The Bertz CT molecular complexity index is 766. The third kappa shape index (κ3) is 21.0. The topological polar surface area (TPSA) is 55.8 Å². The maximum absolute atomic E-state index is 12.0.